The van der Waals surface area contributed by atoms with Crippen LogP contribution in [0.15, 0.2) is 12.3 Å². The van der Waals surface area contributed by atoms with Crippen molar-refractivity contribution in [2.24, 2.45) is 5.73 Å². The van der Waals surface area contributed by atoms with Gasteiger partial charge in [-0.3, -0.25) is 4.79 Å². The van der Waals surface area contributed by atoms with Crippen molar-refractivity contribution in [3.63, 3.8) is 0 Å². The van der Waals surface area contributed by atoms with Crippen LogP contribution in [0.25, 0.3) is 0 Å². The normalized spacial score (nSPS) is 16.8. The highest BCUT2D eigenvalue weighted by molar-refractivity contribution is 7.10. The maximum Gasteiger partial charge on any atom is 0.407 e. The van der Waals surface area contributed by atoms with E-state index in [4.69, 9.17) is 10.5 Å². The quantitative estimate of drug-likeness (QED) is 0.655. The van der Waals surface area contributed by atoms with Crippen LogP contribution in [-0.2, 0) is 4.74 Å². The minimum atomic E-state index is -0.666. The lowest BCUT2D eigenvalue weighted by molar-refractivity contribution is 0.0499. The van der Waals surface area contributed by atoms with Crippen molar-refractivity contribution in [2.45, 2.75) is 52.2 Å². The number of nitrogens with one attached hydrogen (secondary N) is 2. The van der Waals surface area contributed by atoms with Gasteiger partial charge in [-0.05, 0) is 58.1 Å². The summed E-state index contributed by atoms with van der Waals surface area (Å²) in [6, 6.07) is 1.78. The number of nitrogens with zero attached hydrogens (tertiary/aromatic N) is 4. The number of hydrogen-bond donors (Lipinski definition) is 3. The van der Waals surface area contributed by atoms with Crippen LogP contribution in [-0.4, -0.2) is 51.1 Å². The third-order valence-corrected chi connectivity index (χ3v) is 5.12. The van der Waals surface area contributed by atoms with Crippen molar-refractivity contribution in [1.29, 1.82) is 0 Å². The molecule has 1 saturated heterocycles. The third-order valence-electron chi connectivity index (χ3n) is 4.33. The van der Waals surface area contributed by atoms with Crippen LogP contribution in [0.3, 0.4) is 0 Å². The van der Waals surface area contributed by atoms with E-state index in [2.05, 4.69) is 25.0 Å². The van der Waals surface area contributed by atoms with Gasteiger partial charge in [-0.1, -0.05) is 0 Å². The summed E-state index contributed by atoms with van der Waals surface area (Å²) >= 11 is 1.26. The molecule has 1 atom stereocenters. The van der Waals surface area contributed by atoms with Gasteiger partial charge in [-0.2, -0.15) is 4.37 Å². The van der Waals surface area contributed by atoms with Crippen LogP contribution in [0, 0.1) is 6.92 Å². The first kappa shape index (κ1) is 21.8. The molecule has 1 aliphatic heterocycles. The summed E-state index contributed by atoms with van der Waals surface area (Å²) in [5.74, 6) is 0.214. The van der Waals surface area contributed by atoms with Gasteiger partial charge < -0.3 is 26.0 Å². The second-order valence-corrected chi connectivity index (χ2v) is 8.98. The number of carbonyl (C=O) groups excluding carboxylic acids is 2. The number of anilines is 3. The van der Waals surface area contributed by atoms with Gasteiger partial charge in [0.2, 0.25) is 0 Å². The van der Waals surface area contributed by atoms with E-state index in [1.54, 1.807) is 0 Å². The zero-order valence-electron chi connectivity index (χ0n) is 17.6. The van der Waals surface area contributed by atoms with Crippen molar-refractivity contribution in [3.8, 4) is 0 Å². The van der Waals surface area contributed by atoms with Crippen LogP contribution >= 0.6 is 11.5 Å². The topological polar surface area (TPSA) is 135 Å². The molecule has 0 saturated carbocycles. The summed E-state index contributed by atoms with van der Waals surface area (Å²) in [6.07, 6.45) is 2.80. The van der Waals surface area contributed by atoms with E-state index >= 15 is 0 Å². The number of alkyl carbamates (subject to hydrolysis) is 1. The number of hydrogen-bond acceptors (Lipinski definition) is 9. The fraction of sp³-hybridized carbons (Fsp3) is 0.526. The molecule has 0 aliphatic carbocycles. The van der Waals surface area contributed by atoms with Crippen molar-refractivity contribution in [1.82, 2.24) is 19.7 Å². The molecule has 0 radical (unpaired) electrons. The molecule has 30 heavy (non-hydrogen) atoms. The van der Waals surface area contributed by atoms with Crippen LogP contribution in [0.2, 0.25) is 0 Å². The highest BCUT2D eigenvalue weighted by Gasteiger charge is 2.26. The van der Waals surface area contributed by atoms with E-state index in [9.17, 15) is 9.59 Å². The Labute approximate surface area is 179 Å². The Hall–Kier alpha value is -2.95. The molecular formula is C19H27N7O3S. The number of aryl methyl sites for hydroxylation is 1. The minimum Gasteiger partial charge on any atom is -0.444 e. The summed E-state index contributed by atoms with van der Waals surface area (Å²) in [7, 11) is 0. The van der Waals surface area contributed by atoms with Crippen molar-refractivity contribution < 1.29 is 14.3 Å². The molecule has 3 rings (SSSR count). The molecule has 2 aromatic heterocycles. The SMILES string of the molecule is Cc1cc(Nc2nc(N3CCC[C@@H](NC(=O)OC(C)(C)C)C3)cnc2C(N)=O)sn1. The number of carbonyl (C=O) groups is 2. The molecular weight excluding hydrogens is 406 g/mol. The van der Waals surface area contributed by atoms with E-state index in [1.165, 1.54) is 17.7 Å². The largest absolute Gasteiger partial charge is 0.444 e. The van der Waals surface area contributed by atoms with E-state index in [1.807, 2.05) is 38.7 Å². The molecule has 2 aromatic rings. The summed E-state index contributed by atoms with van der Waals surface area (Å²) in [4.78, 5) is 34.7. The first-order chi connectivity index (χ1) is 14.1. The van der Waals surface area contributed by atoms with E-state index in [0.717, 1.165) is 30.1 Å². The average molecular weight is 434 g/mol. The van der Waals surface area contributed by atoms with E-state index < -0.39 is 17.6 Å². The number of piperidine rings is 1. The molecule has 3 heterocycles. The van der Waals surface area contributed by atoms with Gasteiger partial charge >= 0.3 is 6.09 Å². The number of primary amides is 1. The van der Waals surface area contributed by atoms with Crippen LogP contribution < -0.4 is 21.3 Å². The summed E-state index contributed by atoms with van der Waals surface area (Å²) in [5.41, 5.74) is 5.83. The Kier molecular flexibility index (Phi) is 6.40. The van der Waals surface area contributed by atoms with Gasteiger partial charge in [0.1, 0.15) is 16.4 Å². The lowest BCUT2D eigenvalue weighted by Crippen LogP contribution is -2.49. The Balaban J connectivity index is 1.75. The Morgan fingerprint density at radius 3 is 2.77 bits per heavy atom. The zero-order chi connectivity index (χ0) is 21.9. The highest BCUT2D eigenvalue weighted by atomic mass is 32.1. The molecule has 0 unspecified atom stereocenters. The second kappa shape index (κ2) is 8.82. The lowest BCUT2D eigenvalue weighted by Gasteiger charge is -2.34. The molecule has 0 spiro atoms. The second-order valence-electron chi connectivity index (χ2n) is 8.18. The molecule has 4 N–H and O–H groups in total. The average Bonchev–Trinajstić information content (AvgIpc) is 3.04. The van der Waals surface area contributed by atoms with Gasteiger partial charge in [-0.25, -0.2) is 14.8 Å². The number of aromatic nitrogens is 3. The van der Waals surface area contributed by atoms with Crippen LogP contribution in [0.1, 0.15) is 49.8 Å². The maximum atomic E-state index is 12.1. The Morgan fingerprint density at radius 2 is 2.13 bits per heavy atom. The monoisotopic (exact) mass is 433 g/mol. The predicted octanol–water partition coefficient (Wildman–Crippen LogP) is 2.58. The molecule has 1 fully saturated rings. The molecule has 0 aromatic carbocycles. The van der Waals surface area contributed by atoms with Crippen LogP contribution in [0.5, 0.6) is 0 Å². The predicted molar refractivity (Wildman–Crippen MR) is 115 cm³/mol. The molecule has 11 heteroatoms. The standard InChI is InChI=1S/C19H27N7O3S/c1-11-8-14(30-25-11)24-17-15(16(20)27)21-9-13(23-17)26-7-5-6-12(10-26)22-18(28)29-19(2,3)4/h8-9,12H,5-7,10H2,1-4H3,(H2,20,27)(H,22,28)(H,23,24)/t12-/m1/s1. The van der Waals surface area contributed by atoms with Crippen LogP contribution in [0.4, 0.5) is 21.4 Å². The Bertz CT molecular complexity index is 925. The zero-order valence-corrected chi connectivity index (χ0v) is 18.4. The molecule has 1 aliphatic rings. The fourth-order valence-electron chi connectivity index (χ4n) is 3.12. The lowest BCUT2D eigenvalue weighted by atomic mass is 10.1. The van der Waals surface area contributed by atoms with E-state index in [0.29, 0.717) is 12.4 Å². The summed E-state index contributed by atoms with van der Waals surface area (Å²) in [5, 5.41) is 6.74. The van der Waals surface area contributed by atoms with E-state index in [-0.39, 0.29) is 17.6 Å². The fourth-order valence-corrected chi connectivity index (χ4v) is 3.78. The molecule has 162 valence electrons. The number of ether oxygens (including phenoxy) is 1. The highest BCUT2D eigenvalue weighted by Crippen LogP contribution is 2.25. The third kappa shape index (κ3) is 5.78. The maximum absolute atomic E-state index is 12.1. The van der Waals surface area contributed by atoms with Crippen molar-refractivity contribution >= 4 is 40.2 Å². The van der Waals surface area contributed by atoms with Gasteiger partial charge in [0.25, 0.3) is 5.91 Å². The van der Waals surface area contributed by atoms with Gasteiger partial charge in [-0.15, -0.1) is 0 Å². The molecule has 0 bridgehead atoms. The first-order valence-corrected chi connectivity index (χ1v) is 10.5. The van der Waals surface area contributed by atoms with Gasteiger partial charge in [0, 0.05) is 19.1 Å². The van der Waals surface area contributed by atoms with Crippen molar-refractivity contribution in [2.75, 3.05) is 23.3 Å². The number of amides is 2. The van der Waals surface area contributed by atoms with Gasteiger partial charge in [0.05, 0.1) is 11.9 Å². The smallest absolute Gasteiger partial charge is 0.407 e. The minimum absolute atomic E-state index is 0.0604. The summed E-state index contributed by atoms with van der Waals surface area (Å²) in [6.45, 7) is 8.68. The first-order valence-electron chi connectivity index (χ1n) is 9.72. The van der Waals surface area contributed by atoms with Gasteiger partial charge in [0.15, 0.2) is 11.5 Å². The molecule has 2 amide bonds. The summed E-state index contributed by atoms with van der Waals surface area (Å²) < 4.78 is 9.56. The Morgan fingerprint density at radius 1 is 1.37 bits per heavy atom. The number of rotatable bonds is 5. The number of nitrogens with two attached hydrogens (primary N) is 1. The molecule has 10 nitrogen and oxygen atoms in total. The van der Waals surface area contributed by atoms with Crippen molar-refractivity contribution in [3.05, 3.63) is 23.7 Å².